The molecule has 1 aliphatic rings. The zero-order valence-electron chi connectivity index (χ0n) is 31.4. The third-order valence-electron chi connectivity index (χ3n) is 11.3. The normalized spacial score (nSPS) is 12.7. The first-order valence-electron chi connectivity index (χ1n) is 19.6. The Morgan fingerprint density at radius 2 is 1.05 bits per heavy atom. The van der Waals surface area contributed by atoms with Gasteiger partial charge in [-0.3, -0.25) is 0 Å². The Kier molecular flexibility index (Phi) is 7.90. The fourth-order valence-electron chi connectivity index (χ4n) is 8.79. The van der Waals surface area contributed by atoms with Crippen molar-refractivity contribution in [3.8, 4) is 57.0 Å². The van der Waals surface area contributed by atoms with Crippen LogP contribution in [0.1, 0.15) is 18.4 Å². The number of aromatic nitrogens is 5. The molecular formula is C52H34N6. The SMILES string of the molecule is N#Cc1ccc2c(c1-c1cccc3c1c1ccccc1n3C1=CC=CCC1)c1ccccc1n2-c1ccccc1-c1nc(-c2ccccc2)nc(-c2ccccc2)n1. The van der Waals surface area contributed by atoms with Gasteiger partial charge in [0, 0.05) is 49.5 Å². The summed E-state index contributed by atoms with van der Waals surface area (Å²) in [5.41, 5.74) is 11.8. The van der Waals surface area contributed by atoms with E-state index in [-0.39, 0.29) is 0 Å². The van der Waals surface area contributed by atoms with Crippen molar-refractivity contribution < 1.29 is 0 Å². The van der Waals surface area contributed by atoms with Crippen LogP contribution in [-0.4, -0.2) is 24.1 Å². The highest BCUT2D eigenvalue weighted by Crippen LogP contribution is 2.46. The van der Waals surface area contributed by atoms with E-state index in [0.29, 0.717) is 23.0 Å². The van der Waals surface area contributed by atoms with Crippen LogP contribution >= 0.6 is 0 Å². The third kappa shape index (κ3) is 5.29. The molecule has 0 bridgehead atoms. The number of nitriles is 1. The second-order valence-electron chi connectivity index (χ2n) is 14.6. The van der Waals surface area contributed by atoms with Crippen molar-refractivity contribution in [3.63, 3.8) is 0 Å². The standard InChI is InChI=1S/C52H34N6/c53-33-36-31-32-46-49(47(36)41-26-16-30-45-48(41)38-23-10-13-27-42(38)57(45)37-21-8-3-9-22-37)39-24-11-14-28-43(39)58(46)44-29-15-12-25-40(44)52-55-50(34-17-4-1-5-18-34)54-51(56-52)35-19-6-2-7-20-35/h1-8,10-21,23-32H,9,22H2. The van der Waals surface area contributed by atoms with E-state index in [4.69, 9.17) is 15.0 Å². The van der Waals surface area contributed by atoms with Gasteiger partial charge in [-0.2, -0.15) is 5.26 Å². The number of nitrogens with zero attached hydrogens (tertiary/aromatic N) is 6. The van der Waals surface area contributed by atoms with Crippen molar-refractivity contribution in [2.24, 2.45) is 0 Å². The maximum absolute atomic E-state index is 10.9. The average Bonchev–Trinajstić information content (AvgIpc) is 3.82. The van der Waals surface area contributed by atoms with Crippen molar-refractivity contribution in [3.05, 3.63) is 188 Å². The number of para-hydroxylation sites is 3. The minimum absolute atomic E-state index is 0.576. The lowest BCUT2D eigenvalue weighted by Gasteiger charge is -2.15. The molecule has 0 saturated heterocycles. The van der Waals surface area contributed by atoms with Gasteiger partial charge in [-0.25, -0.2) is 15.0 Å². The van der Waals surface area contributed by atoms with Crippen LogP contribution in [0.3, 0.4) is 0 Å². The topological polar surface area (TPSA) is 72.3 Å². The van der Waals surface area contributed by atoms with Gasteiger partial charge >= 0.3 is 0 Å². The molecule has 0 spiro atoms. The van der Waals surface area contributed by atoms with E-state index in [2.05, 4.69) is 124 Å². The predicted molar refractivity (Wildman–Crippen MR) is 236 cm³/mol. The summed E-state index contributed by atoms with van der Waals surface area (Å²) in [5.74, 6) is 1.79. The van der Waals surface area contributed by atoms with Gasteiger partial charge in [0.1, 0.15) is 0 Å². The Labute approximate surface area is 335 Å². The largest absolute Gasteiger partial charge is 0.313 e. The summed E-state index contributed by atoms with van der Waals surface area (Å²) in [6.07, 6.45) is 8.58. The van der Waals surface area contributed by atoms with Gasteiger partial charge in [0.2, 0.25) is 0 Å². The lowest BCUT2D eigenvalue weighted by molar-refractivity contribution is 0.979. The molecule has 6 heteroatoms. The van der Waals surface area contributed by atoms with Crippen molar-refractivity contribution in [2.75, 3.05) is 0 Å². The average molecular weight is 743 g/mol. The van der Waals surface area contributed by atoms with Crippen LogP contribution < -0.4 is 0 Å². The van der Waals surface area contributed by atoms with Crippen molar-refractivity contribution >= 4 is 49.3 Å². The first-order chi connectivity index (χ1) is 28.8. The molecule has 6 nitrogen and oxygen atoms in total. The summed E-state index contributed by atoms with van der Waals surface area (Å²) in [7, 11) is 0. The fraction of sp³-hybridized carbons (Fsp3) is 0.0385. The Morgan fingerprint density at radius 3 is 1.74 bits per heavy atom. The van der Waals surface area contributed by atoms with Crippen LogP contribution in [0.2, 0.25) is 0 Å². The predicted octanol–water partition coefficient (Wildman–Crippen LogP) is 12.8. The molecule has 0 aliphatic heterocycles. The highest BCUT2D eigenvalue weighted by Gasteiger charge is 2.25. The van der Waals surface area contributed by atoms with Crippen LogP contribution in [-0.2, 0) is 0 Å². The first-order valence-corrected chi connectivity index (χ1v) is 19.6. The molecule has 11 rings (SSSR count). The second kappa shape index (κ2) is 13.7. The molecule has 58 heavy (non-hydrogen) atoms. The van der Waals surface area contributed by atoms with E-state index in [1.165, 1.54) is 5.70 Å². The molecular weight excluding hydrogens is 709 g/mol. The molecule has 272 valence electrons. The second-order valence-corrected chi connectivity index (χ2v) is 14.6. The molecule has 10 aromatic rings. The van der Waals surface area contributed by atoms with E-state index < -0.39 is 0 Å². The number of benzene rings is 7. The molecule has 7 aromatic carbocycles. The molecule has 0 unspecified atom stereocenters. The van der Waals surface area contributed by atoms with Gasteiger partial charge in [-0.1, -0.05) is 133 Å². The van der Waals surface area contributed by atoms with E-state index >= 15 is 0 Å². The lowest BCUT2D eigenvalue weighted by atomic mass is 9.91. The summed E-state index contributed by atoms with van der Waals surface area (Å²) < 4.78 is 4.72. The Balaban J connectivity index is 1.20. The van der Waals surface area contributed by atoms with E-state index in [0.717, 1.165) is 90.0 Å². The number of fused-ring (bicyclic) bond motifs is 6. The van der Waals surface area contributed by atoms with Gasteiger partial charge in [-0.15, -0.1) is 0 Å². The van der Waals surface area contributed by atoms with E-state index in [1.807, 2.05) is 72.8 Å². The maximum atomic E-state index is 10.9. The number of hydrogen-bond donors (Lipinski definition) is 0. The van der Waals surface area contributed by atoms with Gasteiger partial charge in [0.15, 0.2) is 17.5 Å². The first kappa shape index (κ1) is 33.5. The van der Waals surface area contributed by atoms with E-state index in [1.54, 1.807) is 0 Å². The van der Waals surface area contributed by atoms with Crippen LogP contribution in [0.5, 0.6) is 0 Å². The Morgan fingerprint density at radius 1 is 0.483 bits per heavy atom. The van der Waals surface area contributed by atoms with Gasteiger partial charge < -0.3 is 9.13 Å². The molecule has 0 saturated carbocycles. The number of rotatable bonds is 6. The quantitative estimate of drug-likeness (QED) is 0.170. The van der Waals surface area contributed by atoms with Crippen molar-refractivity contribution in [2.45, 2.75) is 12.8 Å². The molecule has 1 aliphatic carbocycles. The molecule has 3 heterocycles. The number of hydrogen-bond acceptors (Lipinski definition) is 4. The Bertz CT molecular complexity index is 3290. The molecule has 0 N–H and O–H groups in total. The smallest absolute Gasteiger partial charge is 0.166 e. The highest BCUT2D eigenvalue weighted by molar-refractivity contribution is 6.23. The maximum Gasteiger partial charge on any atom is 0.166 e. The van der Waals surface area contributed by atoms with Crippen LogP contribution in [0, 0.1) is 11.3 Å². The monoisotopic (exact) mass is 742 g/mol. The molecule has 0 atom stereocenters. The van der Waals surface area contributed by atoms with Gasteiger partial charge in [0.05, 0.1) is 39.4 Å². The summed E-state index contributed by atoms with van der Waals surface area (Å²) >= 11 is 0. The lowest BCUT2D eigenvalue weighted by Crippen LogP contribution is -2.03. The number of allylic oxidation sites excluding steroid dienone is 4. The van der Waals surface area contributed by atoms with Gasteiger partial charge in [-0.05, 0) is 66.9 Å². The third-order valence-corrected chi connectivity index (χ3v) is 11.3. The van der Waals surface area contributed by atoms with Crippen LogP contribution in [0.25, 0.3) is 100 Å². The summed E-state index contributed by atoms with van der Waals surface area (Å²) in [5, 5.41) is 15.3. The van der Waals surface area contributed by atoms with Crippen molar-refractivity contribution in [1.82, 2.24) is 24.1 Å². The zero-order valence-corrected chi connectivity index (χ0v) is 31.4. The highest BCUT2D eigenvalue weighted by atomic mass is 15.1. The van der Waals surface area contributed by atoms with E-state index in [9.17, 15) is 5.26 Å². The molecule has 0 fully saturated rings. The molecule has 0 amide bonds. The van der Waals surface area contributed by atoms with Crippen molar-refractivity contribution in [1.29, 1.82) is 5.26 Å². The summed E-state index contributed by atoms with van der Waals surface area (Å²) in [4.78, 5) is 15.2. The fourth-order valence-corrected chi connectivity index (χ4v) is 8.79. The van der Waals surface area contributed by atoms with Gasteiger partial charge in [0.25, 0.3) is 0 Å². The van der Waals surface area contributed by atoms with Crippen LogP contribution in [0.4, 0.5) is 0 Å². The zero-order chi connectivity index (χ0) is 38.6. The van der Waals surface area contributed by atoms with Crippen LogP contribution in [0.15, 0.2) is 182 Å². The molecule has 0 radical (unpaired) electrons. The molecule has 3 aromatic heterocycles. The summed E-state index contributed by atoms with van der Waals surface area (Å²) in [6.45, 7) is 0. The minimum Gasteiger partial charge on any atom is -0.313 e. The minimum atomic E-state index is 0.576. The summed E-state index contributed by atoms with van der Waals surface area (Å²) in [6, 6.07) is 58.8. The Hall–Kier alpha value is -7.88.